The van der Waals surface area contributed by atoms with Crippen LogP contribution in [-0.2, 0) is 22.4 Å². The van der Waals surface area contributed by atoms with Crippen molar-refractivity contribution in [3.05, 3.63) is 16.0 Å². The highest BCUT2D eigenvalue weighted by Crippen LogP contribution is 2.40. The van der Waals surface area contributed by atoms with Gasteiger partial charge in [0, 0.05) is 17.3 Å². The number of carboxylic acid groups (broad SMARTS) is 1. The topological polar surface area (TPSA) is 95.5 Å². The summed E-state index contributed by atoms with van der Waals surface area (Å²) in [6, 6.07) is 0.208. The van der Waals surface area contributed by atoms with E-state index in [4.69, 9.17) is 5.11 Å². The van der Waals surface area contributed by atoms with Crippen molar-refractivity contribution >= 4 is 34.1 Å². The Morgan fingerprint density at radius 2 is 1.85 bits per heavy atom. The maximum Gasteiger partial charge on any atom is 0.303 e. The van der Waals surface area contributed by atoms with Gasteiger partial charge >= 0.3 is 5.97 Å². The number of hydrogen-bond acceptors (Lipinski definition) is 4. The fraction of sp³-hybridized carbons (Fsp3) is 0.650. The molecule has 2 amide bonds. The number of aliphatic carboxylic acids is 1. The average molecular weight is 393 g/mol. The number of carbonyl (C=O) groups is 3. The molecule has 7 heteroatoms. The van der Waals surface area contributed by atoms with Crippen LogP contribution in [0.1, 0.15) is 79.1 Å². The van der Waals surface area contributed by atoms with Gasteiger partial charge < -0.3 is 15.7 Å². The number of thiophene rings is 1. The van der Waals surface area contributed by atoms with Gasteiger partial charge in [0.25, 0.3) is 5.91 Å². The molecule has 1 aromatic heterocycles. The van der Waals surface area contributed by atoms with E-state index in [0.717, 1.165) is 50.5 Å². The number of anilines is 1. The van der Waals surface area contributed by atoms with Crippen LogP contribution in [0, 0.1) is 5.92 Å². The second kappa shape index (κ2) is 8.87. The van der Waals surface area contributed by atoms with Gasteiger partial charge in [-0.25, -0.2) is 0 Å². The maximum absolute atomic E-state index is 13.0. The van der Waals surface area contributed by atoms with E-state index in [1.165, 1.54) is 22.6 Å². The molecule has 0 bridgehead atoms. The molecule has 1 fully saturated rings. The van der Waals surface area contributed by atoms with Gasteiger partial charge in [0.2, 0.25) is 5.91 Å². The van der Waals surface area contributed by atoms with E-state index in [9.17, 15) is 14.4 Å². The van der Waals surface area contributed by atoms with Gasteiger partial charge in [0.1, 0.15) is 5.00 Å². The summed E-state index contributed by atoms with van der Waals surface area (Å²) in [5, 5.41) is 15.3. The minimum absolute atomic E-state index is 0.0853. The summed E-state index contributed by atoms with van der Waals surface area (Å²) in [5.74, 6) is -0.876. The zero-order valence-corrected chi connectivity index (χ0v) is 16.6. The van der Waals surface area contributed by atoms with Gasteiger partial charge in [-0.3, -0.25) is 14.4 Å². The molecule has 148 valence electrons. The van der Waals surface area contributed by atoms with Crippen LogP contribution in [-0.4, -0.2) is 28.9 Å². The zero-order chi connectivity index (χ0) is 19.4. The largest absolute Gasteiger partial charge is 0.481 e. The lowest BCUT2D eigenvalue weighted by atomic mass is 9.88. The van der Waals surface area contributed by atoms with Crippen LogP contribution in [0.4, 0.5) is 5.00 Å². The standard InChI is InChI=1S/C20H28N2O4S/c1-12-7-8-14-15(11-12)27-20(22-16(23)9-10-17(24)25)18(14)19(26)21-13-5-3-2-4-6-13/h12-13H,2-11H2,1H3,(H,21,26)(H,22,23)(H,24,25)/t12-/m0/s1. The van der Waals surface area contributed by atoms with E-state index in [1.54, 1.807) is 0 Å². The highest BCUT2D eigenvalue weighted by atomic mass is 32.1. The van der Waals surface area contributed by atoms with E-state index in [0.29, 0.717) is 16.5 Å². The molecule has 0 aromatic carbocycles. The summed E-state index contributed by atoms with van der Waals surface area (Å²) in [4.78, 5) is 37.1. The molecule has 2 aliphatic carbocycles. The van der Waals surface area contributed by atoms with E-state index in [2.05, 4.69) is 17.6 Å². The van der Waals surface area contributed by atoms with Crippen molar-refractivity contribution in [2.75, 3.05) is 5.32 Å². The van der Waals surface area contributed by atoms with Crippen molar-refractivity contribution in [3.8, 4) is 0 Å². The molecule has 1 heterocycles. The molecule has 3 rings (SSSR count). The molecule has 0 aliphatic heterocycles. The van der Waals surface area contributed by atoms with Crippen molar-refractivity contribution in [3.63, 3.8) is 0 Å². The number of carbonyl (C=O) groups excluding carboxylic acids is 2. The molecule has 0 spiro atoms. The van der Waals surface area contributed by atoms with Crippen LogP contribution in [0.3, 0.4) is 0 Å². The molecule has 27 heavy (non-hydrogen) atoms. The van der Waals surface area contributed by atoms with Crippen molar-refractivity contribution < 1.29 is 19.5 Å². The van der Waals surface area contributed by atoms with Crippen LogP contribution >= 0.6 is 11.3 Å². The Labute approximate surface area is 163 Å². The van der Waals surface area contributed by atoms with Crippen molar-refractivity contribution in [2.45, 2.75) is 77.2 Å². The Kier molecular flexibility index (Phi) is 6.52. The molecular formula is C20H28N2O4S. The van der Waals surface area contributed by atoms with Crippen molar-refractivity contribution in [2.24, 2.45) is 5.92 Å². The number of fused-ring (bicyclic) bond motifs is 1. The van der Waals surface area contributed by atoms with Crippen LogP contribution in [0.5, 0.6) is 0 Å². The lowest BCUT2D eigenvalue weighted by Crippen LogP contribution is -2.37. The van der Waals surface area contributed by atoms with Crippen LogP contribution in [0.15, 0.2) is 0 Å². The zero-order valence-electron chi connectivity index (χ0n) is 15.8. The number of hydrogen-bond donors (Lipinski definition) is 3. The first-order chi connectivity index (χ1) is 12.9. The third kappa shape index (κ3) is 5.09. The summed E-state index contributed by atoms with van der Waals surface area (Å²) < 4.78 is 0. The normalized spacial score (nSPS) is 20.0. The summed E-state index contributed by atoms with van der Waals surface area (Å²) in [6.07, 6.45) is 8.05. The van der Waals surface area contributed by atoms with E-state index in [1.807, 2.05) is 0 Å². The van der Waals surface area contributed by atoms with Gasteiger partial charge in [-0.05, 0) is 43.6 Å². The molecular weight excluding hydrogens is 364 g/mol. The van der Waals surface area contributed by atoms with Crippen LogP contribution in [0.25, 0.3) is 0 Å². The van der Waals surface area contributed by atoms with E-state index < -0.39 is 5.97 Å². The molecule has 1 saturated carbocycles. The summed E-state index contributed by atoms with van der Waals surface area (Å²) >= 11 is 1.48. The number of carboxylic acids is 1. The highest BCUT2D eigenvalue weighted by Gasteiger charge is 2.29. The van der Waals surface area contributed by atoms with Gasteiger partial charge in [0.15, 0.2) is 0 Å². The molecule has 6 nitrogen and oxygen atoms in total. The van der Waals surface area contributed by atoms with Gasteiger partial charge in [-0.15, -0.1) is 11.3 Å². The fourth-order valence-electron chi connectivity index (χ4n) is 3.99. The first-order valence-corrected chi connectivity index (χ1v) is 10.7. The fourth-order valence-corrected chi connectivity index (χ4v) is 5.42. The first-order valence-electron chi connectivity index (χ1n) is 9.91. The minimum Gasteiger partial charge on any atom is -0.481 e. The smallest absolute Gasteiger partial charge is 0.303 e. The van der Waals surface area contributed by atoms with Gasteiger partial charge in [-0.2, -0.15) is 0 Å². The van der Waals surface area contributed by atoms with Gasteiger partial charge in [-0.1, -0.05) is 26.2 Å². The molecule has 0 unspecified atom stereocenters. The quantitative estimate of drug-likeness (QED) is 0.687. The predicted molar refractivity (Wildman–Crippen MR) is 105 cm³/mol. The number of amides is 2. The Morgan fingerprint density at radius 1 is 1.11 bits per heavy atom. The summed E-state index contributed by atoms with van der Waals surface area (Å²) in [7, 11) is 0. The van der Waals surface area contributed by atoms with Crippen molar-refractivity contribution in [1.82, 2.24) is 5.32 Å². The second-order valence-electron chi connectivity index (χ2n) is 7.81. The number of nitrogens with one attached hydrogen (secondary N) is 2. The third-order valence-corrected chi connectivity index (χ3v) is 6.67. The Balaban J connectivity index is 1.79. The third-order valence-electron chi connectivity index (χ3n) is 5.50. The maximum atomic E-state index is 13.0. The SMILES string of the molecule is C[C@H]1CCc2c(sc(NC(=O)CCC(=O)O)c2C(=O)NC2CCCCC2)C1. The monoisotopic (exact) mass is 392 g/mol. The van der Waals surface area contributed by atoms with Crippen LogP contribution < -0.4 is 10.6 Å². The Hall–Kier alpha value is -1.89. The lowest BCUT2D eigenvalue weighted by molar-refractivity contribution is -0.138. The Bertz CT molecular complexity index is 722. The average Bonchev–Trinajstić information content (AvgIpc) is 2.97. The first kappa shape index (κ1) is 19.9. The molecule has 1 aromatic rings. The summed E-state index contributed by atoms with van der Waals surface area (Å²) in [5.41, 5.74) is 1.68. The molecule has 0 radical (unpaired) electrons. The molecule has 3 N–H and O–H groups in total. The predicted octanol–water partition coefficient (Wildman–Crippen LogP) is 3.74. The minimum atomic E-state index is -1.00. The van der Waals surface area contributed by atoms with E-state index in [-0.39, 0.29) is 30.7 Å². The summed E-state index contributed by atoms with van der Waals surface area (Å²) in [6.45, 7) is 2.20. The molecule has 2 aliphatic rings. The van der Waals surface area contributed by atoms with E-state index >= 15 is 0 Å². The number of rotatable bonds is 6. The highest BCUT2D eigenvalue weighted by molar-refractivity contribution is 7.17. The van der Waals surface area contributed by atoms with Gasteiger partial charge in [0.05, 0.1) is 12.0 Å². The molecule has 0 saturated heterocycles. The second-order valence-corrected chi connectivity index (χ2v) is 8.91. The molecule has 1 atom stereocenters. The van der Waals surface area contributed by atoms with Crippen molar-refractivity contribution in [1.29, 1.82) is 0 Å². The Morgan fingerprint density at radius 3 is 2.56 bits per heavy atom. The van der Waals surface area contributed by atoms with Crippen LogP contribution in [0.2, 0.25) is 0 Å². The lowest BCUT2D eigenvalue weighted by Gasteiger charge is -2.24.